The summed E-state index contributed by atoms with van der Waals surface area (Å²) in [7, 11) is 0. The van der Waals surface area contributed by atoms with Gasteiger partial charge in [-0.2, -0.15) is 0 Å². The third-order valence-corrected chi connectivity index (χ3v) is 5.38. The van der Waals surface area contributed by atoms with E-state index in [0.717, 1.165) is 33.3 Å². The minimum Gasteiger partial charge on any atom is -0.478 e. The van der Waals surface area contributed by atoms with Crippen LogP contribution in [0.1, 0.15) is 15.9 Å². The molecule has 2 heterocycles. The average molecular weight is 397 g/mol. The Morgan fingerprint density at radius 2 is 1.89 bits per heavy atom. The Hall–Kier alpha value is -2.82. The number of carboxylic acid groups (broad SMARTS) is 1. The highest BCUT2D eigenvalue weighted by Gasteiger charge is 2.14. The largest absolute Gasteiger partial charge is 0.478 e. The Labute approximate surface area is 165 Å². The normalized spacial score (nSPS) is 11.1. The molecular formula is C21H14Cl2N2O2. The maximum Gasteiger partial charge on any atom is 0.335 e. The lowest BCUT2D eigenvalue weighted by molar-refractivity contribution is 0.0696. The molecule has 0 aliphatic carbocycles. The van der Waals surface area contributed by atoms with Crippen LogP contribution in [0, 0.1) is 6.92 Å². The number of hydrogen-bond acceptors (Lipinski definition) is 2. The first-order chi connectivity index (χ1) is 13.0. The van der Waals surface area contributed by atoms with Gasteiger partial charge in [0.2, 0.25) is 0 Å². The molecule has 0 atom stereocenters. The van der Waals surface area contributed by atoms with Gasteiger partial charge < -0.3 is 10.1 Å². The van der Waals surface area contributed by atoms with Gasteiger partial charge in [-0.1, -0.05) is 47.5 Å². The second kappa shape index (κ2) is 6.72. The number of hydrogen-bond donors (Lipinski definition) is 2. The van der Waals surface area contributed by atoms with Crippen LogP contribution >= 0.6 is 23.2 Å². The molecule has 0 saturated heterocycles. The molecule has 27 heavy (non-hydrogen) atoms. The molecule has 2 aromatic carbocycles. The fraction of sp³-hybridized carbons (Fsp3) is 0.0476. The maximum atomic E-state index is 11.3. The molecule has 0 saturated carbocycles. The van der Waals surface area contributed by atoms with Crippen molar-refractivity contribution < 1.29 is 9.90 Å². The number of aromatic carboxylic acids is 1. The third kappa shape index (κ3) is 3.07. The number of aromatic amines is 1. The molecule has 6 heteroatoms. The van der Waals surface area contributed by atoms with Crippen LogP contribution in [0.5, 0.6) is 0 Å². The summed E-state index contributed by atoms with van der Waals surface area (Å²) in [6.07, 6.45) is 3.62. The number of carbonyl (C=O) groups is 1. The van der Waals surface area contributed by atoms with Gasteiger partial charge in [0.1, 0.15) is 5.65 Å². The molecule has 0 amide bonds. The first-order valence-electron chi connectivity index (χ1n) is 8.21. The van der Waals surface area contributed by atoms with E-state index in [1.54, 1.807) is 31.3 Å². The van der Waals surface area contributed by atoms with Crippen LogP contribution in [0.3, 0.4) is 0 Å². The number of aromatic nitrogens is 2. The van der Waals surface area contributed by atoms with Crippen molar-refractivity contribution in [1.29, 1.82) is 0 Å². The molecule has 0 bridgehead atoms. The van der Waals surface area contributed by atoms with Crippen molar-refractivity contribution in [2.45, 2.75) is 6.92 Å². The Balaban J connectivity index is 1.87. The van der Waals surface area contributed by atoms with Gasteiger partial charge in [-0.3, -0.25) is 0 Å². The van der Waals surface area contributed by atoms with Crippen LogP contribution in [0.4, 0.5) is 0 Å². The number of carboxylic acids is 1. The number of aryl methyl sites for hydroxylation is 1. The van der Waals surface area contributed by atoms with E-state index in [-0.39, 0.29) is 0 Å². The Kier molecular flexibility index (Phi) is 4.38. The van der Waals surface area contributed by atoms with E-state index in [1.165, 1.54) is 0 Å². The van der Waals surface area contributed by atoms with Gasteiger partial charge in [-0.15, -0.1) is 0 Å². The van der Waals surface area contributed by atoms with Crippen molar-refractivity contribution in [1.82, 2.24) is 9.97 Å². The third-order valence-electron chi connectivity index (χ3n) is 4.56. The smallest absolute Gasteiger partial charge is 0.335 e. The number of halogens is 2. The minimum atomic E-state index is -0.933. The Morgan fingerprint density at radius 3 is 2.63 bits per heavy atom. The zero-order chi connectivity index (χ0) is 19.1. The molecule has 0 unspecified atom stereocenters. The number of fused-ring (bicyclic) bond motifs is 1. The Bertz CT molecular complexity index is 1200. The second-order valence-electron chi connectivity index (χ2n) is 6.26. The minimum absolute atomic E-state index is 0.295. The fourth-order valence-corrected chi connectivity index (χ4v) is 3.60. The van der Waals surface area contributed by atoms with E-state index in [1.807, 2.05) is 30.5 Å². The predicted molar refractivity (Wildman–Crippen MR) is 109 cm³/mol. The maximum absolute atomic E-state index is 11.3. The number of rotatable bonds is 3. The zero-order valence-corrected chi connectivity index (χ0v) is 15.8. The van der Waals surface area contributed by atoms with Crippen LogP contribution in [0.15, 0.2) is 54.9 Å². The highest BCUT2D eigenvalue weighted by Crippen LogP contribution is 2.36. The van der Waals surface area contributed by atoms with Crippen molar-refractivity contribution >= 4 is 40.2 Å². The van der Waals surface area contributed by atoms with Crippen molar-refractivity contribution in [3.8, 4) is 22.3 Å². The lowest BCUT2D eigenvalue weighted by Gasteiger charge is -2.08. The molecule has 0 spiro atoms. The van der Waals surface area contributed by atoms with Gasteiger partial charge >= 0.3 is 5.97 Å². The van der Waals surface area contributed by atoms with Crippen molar-refractivity contribution in [2.24, 2.45) is 0 Å². The molecule has 2 aromatic heterocycles. The molecule has 0 radical (unpaired) electrons. The highest BCUT2D eigenvalue weighted by atomic mass is 35.5. The SMILES string of the molecule is Cc1cc(-c2c[nH]c3ncc(-c4cccc(Cl)c4Cl)cc23)ccc1C(=O)O. The number of H-pyrrole nitrogens is 1. The van der Waals surface area contributed by atoms with Gasteiger partial charge in [-0.05, 0) is 36.2 Å². The summed E-state index contributed by atoms with van der Waals surface area (Å²) in [6.45, 7) is 1.79. The molecule has 4 rings (SSSR count). The monoisotopic (exact) mass is 396 g/mol. The molecule has 4 nitrogen and oxygen atoms in total. The number of pyridine rings is 1. The van der Waals surface area contributed by atoms with Crippen LogP contribution < -0.4 is 0 Å². The van der Waals surface area contributed by atoms with Crippen LogP contribution in [0.25, 0.3) is 33.3 Å². The van der Waals surface area contributed by atoms with E-state index in [4.69, 9.17) is 23.2 Å². The average Bonchev–Trinajstić information content (AvgIpc) is 3.06. The summed E-state index contributed by atoms with van der Waals surface area (Å²) in [6, 6.07) is 12.8. The lowest BCUT2D eigenvalue weighted by Crippen LogP contribution is -1.99. The van der Waals surface area contributed by atoms with Crippen LogP contribution in [-0.4, -0.2) is 21.0 Å². The molecule has 4 aromatic rings. The van der Waals surface area contributed by atoms with Gasteiger partial charge in [0.05, 0.1) is 15.6 Å². The standard InChI is InChI=1S/C21H14Cl2N2O2/c1-11-7-12(5-6-14(11)21(26)27)17-10-25-20-16(17)8-13(9-24-20)15-3-2-4-18(22)19(15)23/h2-10H,1H3,(H,24,25)(H,26,27). The van der Waals surface area contributed by atoms with Crippen molar-refractivity contribution in [3.63, 3.8) is 0 Å². The van der Waals surface area contributed by atoms with E-state index in [9.17, 15) is 9.90 Å². The number of benzene rings is 2. The predicted octanol–water partition coefficient (Wildman–Crippen LogP) is 6.21. The summed E-state index contributed by atoms with van der Waals surface area (Å²) >= 11 is 12.5. The molecule has 0 aliphatic heterocycles. The zero-order valence-electron chi connectivity index (χ0n) is 14.3. The lowest BCUT2D eigenvalue weighted by atomic mass is 9.99. The molecular weight excluding hydrogens is 383 g/mol. The van der Waals surface area contributed by atoms with Crippen molar-refractivity contribution in [2.75, 3.05) is 0 Å². The fourth-order valence-electron chi connectivity index (χ4n) is 3.19. The van der Waals surface area contributed by atoms with Crippen LogP contribution in [-0.2, 0) is 0 Å². The van der Waals surface area contributed by atoms with Gasteiger partial charge in [-0.25, -0.2) is 9.78 Å². The molecule has 0 aliphatic rings. The molecule has 134 valence electrons. The van der Waals surface area contributed by atoms with E-state index < -0.39 is 5.97 Å². The number of nitrogens with one attached hydrogen (secondary N) is 1. The quantitative estimate of drug-likeness (QED) is 0.432. The van der Waals surface area contributed by atoms with Gasteiger partial charge in [0, 0.05) is 34.5 Å². The molecule has 2 N–H and O–H groups in total. The topological polar surface area (TPSA) is 66.0 Å². The summed E-state index contributed by atoms with van der Waals surface area (Å²) < 4.78 is 0. The second-order valence-corrected chi connectivity index (χ2v) is 7.04. The Morgan fingerprint density at radius 1 is 1.07 bits per heavy atom. The summed E-state index contributed by atoms with van der Waals surface area (Å²) in [5.41, 5.74) is 5.27. The van der Waals surface area contributed by atoms with Gasteiger partial charge in [0.15, 0.2) is 0 Å². The van der Waals surface area contributed by atoms with Crippen molar-refractivity contribution in [3.05, 3.63) is 76.0 Å². The summed E-state index contributed by atoms with van der Waals surface area (Å²) in [5.74, 6) is -0.933. The number of nitrogens with zero attached hydrogens (tertiary/aromatic N) is 1. The van der Waals surface area contributed by atoms with E-state index >= 15 is 0 Å². The van der Waals surface area contributed by atoms with E-state index in [2.05, 4.69) is 9.97 Å². The van der Waals surface area contributed by atoms with Crippen LogP contribution in [0.2, 0.25) is 10.0 Å². The molecule has 0 fully saturated rings. The summed E-state index contributed by atoms with van der Waals surface area (Å²) in [5, 5.41) is 11.1. The van der Waals surface area contributed by atoms with E-state index in [0.29, 0.717) is 21.2 Å². The first-order valence-corrected chi connectivity index (χ1v) is 8.97. The first kappa shape index (κ1) is 17.6. The summed E-state index contributed by atoms with van der Waals surface area (Å²) in [4.78, 5) is 18.9. The highest BCUT2D eigenvalue weighted by molar-refractivity contribution is 6.43. The van der Waals surface area contributed by atoms with Gasteiger partial charge in [0.25, 0.3) is 0 Å².